The average Bonchev–Trinajstić information content (AvgIpc) is 3.08. The van der Waals surface area contributed by atoms with Crippen molar-refractivity contribution < 1.29 is 9.59 Å². The molecule has 1 aromatic carbocycles. The van der Waals surface area contributed by atoms with E-state index < -0.39 is 0 Å². The van der Waals surface area contributed by atoms with Gasteiger partial charge in [0.1, 0.15) is 0 Å². The van der Waals surface area contributed by atoms with Crippen LogP contribution in [-0.2, 0) is 11.2 Å². The maximum Gasteiger partial charge on any atom is 0.251 e. The van der Waals surface area contributed by atoms with E-state index in [9.17, 15) is 9.59 Å². The molecular formula is C24H37N3O2. The van der Waals surface area contributed by atoms with Crippen molar-refractivity contribution in [2.24, 2.45) is 23.2 Å². The molecule has 1 unspecified atom stereocenters. The number of likely N-dealkylation sites (tertiary alicyclic amines) is 1. The lowest BCUT2D eigenvalue weighted by atomic mass is 9.82. The molecule has 3 rings (SSSR count). The monoisotopic (exact) mass is 399 g/mol. The van der Waals surface area contributed by atoms with Gasteiger partial charge >= 0.3 is 0 Å². The van der Waals surface area contributed by atoms with Crippen LogP contribution < -0.4 is 5.32 Å². The fourth-order valence-electron chi connectivity index (χ4n) is 4.85. The maximum atomic E-state index is 12.9. The van der Waals surface area contributed by atoms with Gasteiger partial charge in [0.2, 0.25) is 5.91 Å². The van der Waals surface area contributed by atoms with Gasteiger partial charge in [-0.2, -0.15) is 0 Å². The van der Waals surface area contributed by atoms with Crippen LogP contribution in [-0.4, -0.2) is 61.4 Å². The Morgan fingerprint density at radius 3 is 2.24 bits per heavy atom. The van der Waals surface area contributed by atoms with Crippen LogP contribution in [0.5, 0.6) is 0 Å². The number of nitrogens with one attached hydrogen (secondary N) is 1. The van der Waals surface area contributed by atoms with Gasteiger partial charge in [0, 0.05) is 48.5 Å². The van der Waals surface area contributed by atoms with Crippen molar-refractivity contribution in [2.75, 3.05) is 33.7 Å². The van der Waals surface area contributed by atoms with Gasteiger partial charge in [-0.05, 0) is 50.6 Å². The molecule has 1 saturated heterocycles. The molecule has 2 amide bonds. The van der Waals surface area contributed by atoms with Crippen LogP contribution in [0.15, 0.2) is 24.3 Å². The Bertz CT molecular complexity index is 727. The highest BCUT2D eigenvalue weighted by molar-refractivity contribution is 5.94. The summed E-state index contributed by atoms with van der Waals surface area (Å²) in [5.74, 6) is 1.60. The Kier molecular flexibility index (Phi) is 6.37. The minimum atomic E-state index is -0.308. The summed E-state index contributed by atoms with van der Waals surface area (Å²) < 4.78 is 0. The largest absolute Gasteiger partial charge is 0.349 e. The molecule has 1 aromatic rings. The molecule has 160 valence electrons. The Balaban J connectivity index is 1.47. The van der Waals surface area contributed by atoms with Gasteiger partial charge in [0.15, 0.2) is 0 Å². The van der Waals surface area contributed by atoms with Crippen molar-refractivity contribution in [1.82, 2.24) is 15.1 Å². The summed E-state index contributed by atoms with van der Waals surface area (Å²) in [7, 11) is 4.13. The van der Waals surface area contributed by atoms with E-state index in [1.807, 2.05) is 29.2 Å². The number of amides is 2. The third-order valence-electron chi connectivity index (χ3n) is 6.34. The molecule has 0 spiro atoms. The summed E-state index contributed by atoms with van der Waals surface area (Å²) in [5, 5.41) is 3.19. The number of likely N-dealkylation sites (N-methyl/N-ethyl adjacent to an activating group) is 1. The summed E-state index contributed by atoms with van der Waals surface area (Å²) in [4.78, 5) is 29.7. The van der Waals surface area contributed by atoms with E-state index in [0.29, 0.717) is 17.8 Å². The Hall–Kier alpha value is -1.88. The summed E-state index contributed by atoms with van der Waals surface area (Å²) in [5.41, 5.74) is 1.66. The molecular weight excluding hydrogens is 362 g/mol. The number of nitrogens with zero attached hydrogens (tertiary/aromatic N) is 2. The van der Waals surface area contributed by atoms with Crippen molar-refractivity contribution in [3.8, 4) is 0 Å². The molecule has 29 heavy (non-hydrogen) atoms. The summed E-state index contributed by atoms with van der Waals surface area (Å²) in [6.45, 7) is 11.0. The first-order valence-electron chi connectivity index (χ1n) is 10.9. The number of hydrogen-bond donors (Lipinski definition) is 1. The quantitative estimate of drug-likeness (QED) is 0.731. The SMILES string of the molecule is CC(C)CC(C)(C)C(=O)N1C[C@@H]2C(NC(=O)c3ccc(CCN(C)C)cc3)[C@@H]2C1. The van der Waals surface area contributed by atoms with Gasteiger partial charge in [-0.15, -0.1) is 0 Å². The highest BCUT2D eigenvalue weighted by atomic mass is 16.2. The van der Waals surface area contributed by atoms with Crippen molar-refractivity contribution in [2.45, 2.75) is 46.6 Å². The number of carbonyl (C=O) groups excluding carboxylic acids is 2. The van der Waals surface area contributed by atoms with Gasteiger partial charge < -0.3 is 15.1 Å². The minimum Gasteiger partial charge on any atom is -0.349 e. The van der Waals surface area contributed by atoms with Gasteiger partial charge in [-0.25, -0.2) is 0 Å². The van der Waals surface area contributed by atoms with E-state index in [-0.39, 0.29) is 23.3 Å². The maximum absolute atomic E-state index is 12.9. The molecule has 2 fully saturated rings. The highest BCUT2D eigenvalue weighted by Crippen LogP contribution is 2.47. The van der Waals surface area contributed by atoms with Crippen LogP contribution in [0.2, 0.25) is 0 Å². The first kappa shape index (κ1) is 21.8. The van der Waals surface area contributed by atoms with Crippen molar-refractivity contribution in [3.05, 3.63) is 35.4 Å². The first-order chi connectivity index (χ1) is 13.6. The number of benzene rings is 1. The molecule has 2 aliphatic rings. The summed E-state index contributed by atoms with van der Waals surface area (Å²) in [6, 6.07) is 8.14. The Morgan fingerprint density at radius 1 is 1.14 bits per heavy atom. The zero-order valence-electron chi connectivity index (χ0n) is 18.9. The third kappa shape index (κ3) is 5.19. The predicted molar refractivity (Wildman–Crippen MR) is 117 cm³/mol. The lowest BCUT2D eigenvalue weighted by molar-refractivity contribution is -0.140. The number of hydrogen-bond acceptors (Lipinski definition) is 3. The number of rotatable bonds is 8. The first-order valence-corrected chi connectivity index (χ1v) is 10.9. The minimum absolute atomic E-state index is 0.00146. The van der Waals surface area contributed by atoms with E-state index in [1.165, 1.54) is 5.56 Å². The van der Waals surface area contributed by atoms with Gasteiger partial charge in [-0.1, -0.05) is 39.8 Å². The van der Waals surface area contributed by atoms with Crippen LogP contribution in [0.4, 0.5) is 0 Å². The number of carbonyl (C=O) groups is 2. The topological polar surface area (TPSA) is 52.7 Å². The van der Waals surface area contributed by atoms with Crippen molar-refractivity contribution in [3.63, 3.8) is 0 Å². The van der Waals surface area contributed by atoms with Crippen molar-refractivity contribution in [1.29, 1.82) is 0 Å². The number of fused-ring (bicyclic) bond motifs is 1. The molecule has 1 saturated carbocycles. The zero-order valence-corrected chi connectivity index (χ0v) is 18.9. The molecule has 0 bridgehead atoms. The Labute approximate surface area is 175 Å². The Morgan fingerprint density at radius 2 is 1.72 bits per heavy atom. The molecule has 5 nitrogen and oxygen atoms in total. The van der Waals surface area contributed by atoms with E-state index in [1.54, 1.807) is 0 Å². The van der Waals surface area contributed by atoms with Gasteiger partial charge in [0.25, 0.3) is 5.91 Å². The third-order valence-corrected chi connectivity index (χ3v) is 6.34. The molecule has 1 aliphatic carbocycles. The molecule has 0 aromatic heterocycles. The van der Waals surface area contributed by atoms with E-state index in [4.69, 9.17) is 0 Å². The zero-order chi connectivity index (χ0) is 21.3. The molecule has 3 atom stereocenters. The standard InChI is InChI=1S/C24H37N3O2/c1-16(2)13-24(3,4)23(29)27-14-19-20(15-27)21(19)25-22(28)18-9-7-17(8-10-18)11-12-26(5)6/h7-10,16,19-21H,11-15H2,1-6H3,(H,25,28)/t19-,20+,21?. The predicted octanol–water partition coefficient (Wildman–Crippen LogP) is 3.05. The van der Waals surface area contributed by atoms with Gasteiger partial charge in [-0.3, -0.25) is 9.59 Å². The second kappa shape index (κ2) is 8.47. The second-order valence-corrected chi connectivity index (χ2v) is 10.3. The van der Waals surface area contributed by atoms with E-state index in [0.717, 1.165) is 38.0 Å². The molecule has 5 heteroatoms. The lowest BCUT2D eigenvalue weighted by Crippen LogP contribution is -2.43. The van der Waals surface area contributed by atoms with Crippen molar-refractivity contribution >= 4 is 11.8 Å². The lowest BCUT2D eigenvalue weighted by Gasteiger charge is -2.32. The fraction of sp³-hybridized carbons (Fsp3) is 0.667. The van der Waals surface area contributed by atoms with Gasteiger partial charge in [0.05, 0.1) is 0 Å². The molecule has 1 aliphatic heterocycles. The van der Waals surface area contributed by atoms with E-state index in [2.05, 4.69) is 52.0 Å². The van der Waals surface area contributed by atoms with Crippen LogP contribution in [0.25, 0.3) is 0 Å². The summed E-state index contributed by atoms with van der Waals surface area (Å²) >= 11 is 0. The smallest absolute Gasteiger partial charge is 0.251 e. The fourth-order valence-corrected chi connectivity index (χ4v) is 4.85. The van der Waals surface area contributed by atoms with E-state index >= 15 is 0 Å². The van der Waals surface area contributed by atoms with Crippen LogP contribution >= 0.6 is 0 Å². The summed E-state index contributed by atoms with van der Waals surface area (Å²) in [6.07, 6.45) is 1.89. The van der Waals surface area contributed by atoms with Crippen LogP contribution in [0.3, 0.4) is 0 Å². The van der Waals surface area contributed by atoms with Crippen LogP contribution in [0, 0.1) is 23.2 Å². The molecule has 1 N–H and O–H groups in total. The average molecular weight is 400 g/mol. The van der Waals surface area contributed by atoms with Crippen LogP contribution in [0.1, 0.15) is 50.0 Å². The molecule has 1 heterocycles. The second-order valence-electron chi connectivity index (χ2n) is 10.3. The number of piperidine rings is 1. The normalized spacial score (nSPS) is 23.4. The molecule has 0 radical (unpaired) electrons. The highest BCUT2D eigenvalue weighted by Gasteiger charge is 2.58.